The summed E-state index contributed by atoms with van der Waals surface area (Å²) in [6.07, 6.45) is -4.38. The van der Waals surface area contributed by atoms with E-state index in [2.05, 4.69) is 15.9 Å². The van der Waals surface area contributed by atoms with Crippen molar-refractivity contribution in [2.75, 3.05) is 13.6 Å². The molecule has 102 valence electrons. The van der Waals surface area contributed by atoms with Gasteiger partial charge < -0.3 is 4.90 Å². The van der Waals surface area contributed by atoms with Crippen molar-refractivity contribution in [3.8, 4) is 6.07 Å². The van der Waals surface area contributed by atoms with E-state index in [9.17, 15) is 18.0 Å². The van der Waals surface area contributed by atoms with Crippen molar-refractivity contribution in [3.63, 3.8) is 0 Å². The topological polar surface area (TPSA) is 44.1 Å². The minimum absolute atomic E-state index is 0.0738. The van der Waals surface area contributed by atoms with Crippen molar-refractivity contribution in [2.45, 2.75) is 12.6 Å². The molecular formula is C12H10BrF3N2O. The Morgan fingerprint density at radius 1 is 1.47 bits per heavy atom. The molecule has 1 aromatic rings. The third-order valence-electron chi connectivity index (χ3n) is 2.43. The minimum Gasteiger partial charge on any atom is -0.341 e. The van der Waals surface area contributed by atoms with Crippen molar-refractivity contribution in [1.82, 2.24) is 4.90 Å². The molecule has 0 aliphatic carbocycles. The van der Waals surface area contributed by atoms with Crippen LogP contribution in [0.1, 0.15) is 22.3 Å². The molecule has 0 aromatic heterocycles. The maximum atomic E-state index is 12.6. The average molecular weight is 335 g/mol. The SMILES string of the molecule is CN(CCC#N)C(=O)c1cc(C(F)(F)F)ccc1Br. The van der Waals surface area contributed by atoms with Crippen LogP contribution in [0.25, 0.3) is 0 Å². The summed E-state index contributed by atoms with van der Waals surface area (Å²) in [5.41, 5.74) is -0.956. The lowest BCUT2D eigenvalue weighted by molar-refractivity contribution is -0.137. The number of carbonyl (C=O) groups is 1. The summed E-state index contributed by atoms with van der Waals surface area (Å²) in [6.45, 7) is 0.165. The smallest absolute Gasteiger partial charge is 0.341 e. The van der Waals surface area contributed by atoms with E-state index in [1.165, 1.54) is 18.0 Å². The predicted molar refractivity (Wildman–Crippen MR) is 66.3 cm³/mol. The van der Waals surface area contributed by atoms with Gasteiger partial charge in [0.1, 0.15) is 0 Å². The number of benzene rings is 1. The zero-order valence-corrected chi connectivity index (χ0v) is 11.5. The first kappa shape index (κ1) is 15.5. The third kappa shape index (κ3) is 3.96. The van der Waals surface area contributed by atoms with Gasteiger partial charge in [-0.2, -0.15) is 18.4 Å². The molecule has 0 radical (unpaired) electrons. The van der Waals surface area contributed by atoms with E-state index in [0.717, 1.165) is 12.1 Å². The molecule has 0 saturated heterocycles. The van der Waals surface area contributed by atoms with E-state index in [4.69, 9.17) is 5.26 Å². The summed E-state index contributed by atoms with van der Waals surface area (Å²) in [5, 5.41) is 8.43. The number of nitriles is 1. The van der Waals surface area contributed by atoms with Crippen LogP contribution in [-0.2, 0) is 6.18 Å². The number of hydrogen-bond acceptors (Lipinski definition) is 2. The Hall–Kier alpha value is -1.55. The van der Waals surface area contributed by atoms with Crippen molar-refractivity contribution < 1.29 is 18.0 Å². The first-order chi connectivity index (χ1) is 8.77. The maximum absolute atomic E-state index is 12.6. The van der Waals surface area contributed by atoms with Crippen molar-refractivity contribution in [1.29, 1.82) is 5.26 Å². The maximum Gasteiger partial charge on any atom is 0.416 e. The number of nitrogens with zero attached hydrogens (tertiary/aromatic N) is 2. The van der Waals surface area contributed by atoms with Crippen molar-refractivity contribution >= 4 is 21.8 Å². The lowest BCUT2D eigenvalue weighted by Gasteiger charge is -2.17. The van der Waals surface area contributed by atoms with E-state index in [0.29, 0.717) is 0 Å². The van der Waals surface area contributed by atoms with Crippen LogP contribution in [0, 0.1) is 11.3 Å². The number of halogens is 4. The average Bonchev–Trinajstić information content (AvgIpc) is 2.34. The van der Waals surface area contributed by atoms with Crippen LogP contribution in [0.4, 0.5) is 13.2 Å². The zero-order valence-electron chi connectivity index (χ0n) is 9.96. The number of rotatable bonds is 3. The molecule has 0 saturated carbocycles. The monoisotopic (exact) mass is 334 g/mol. The molecule has 7 heteroatoms. The zero-order chi connectivity index (χ0) is 14.6. The van der Waals surface area contributed by atoms with Gasteiger partial charge in [0, 0.05) is 18.1 Å². The minimum atomic E-state index is -4.50. The van der Waals surface area contributed by atoms with Crippen LogP contribution in [0.2, 0.25) is 0 Å². The van der Waals surface area contributed by atoms with Gasteiger partial charge in [-0.25, -0.2) is 0 Å². The van der Waals surface area contributed by atoms with Crippen molar-refractivity contribution in [2.24, 2.45) is 0 Å². The van der Waals surface area contributed by atoms with Crippen molar-refractivity contribution in [3.05, 3.63) is 33.8 Å². The summed E-state index contributed by atoms with van der Waals surface area (Å²) in [7, 11) is 1.44. The Bertz CT molecular complexity index is 523. The highest BCUT2D eigenvalue weighted by molar-refractivity contribution is 9.10. The summed E-state index contributed by atoms with van der Waals surface area (Å²) in [5.74, 6) is -0.562. The van der Waals surface area contributed by atoms with Crippen LogP contribution in [-0.4, -0.2) is 24.4 Å². The highest BCUT2D eigenvalue weighted by Gasteiger charge is 2.31. The van der Waals surface area contributed by atoms with Gasteiger partial charge >= 0.3 is 6.18 Å². The quantitative estimate of drug-likeness (QED) is 0.849. The number of carbonyl (C=O) groups excluding carboxylic acids is 1. The molecule has 1 aromatic carbocycles. The molecule has 0 spiro atoms. The second-order valence-corrected chi connectivity index (χ2v) is 4.68. The molecule has 0 N–H and O–H groups in total. The Balaban J connectivity index is 3.06. The Kier molecular flexibility index (Phi) is 4.95. The van der Waals surface area contributed by atoms with Gasteiger partial charge in [0.05, 0.1) is 23.6 Å². The lowest BCUT2D eigenvalue weighted by atomic mass is 10.1. The molecule has 0 fully saturated rings. The van der Waals surface area contributed by atoms with Crippen LogP contribution in [0.15, 0.2) is 22.7 Å². The van der Waals surface area contributed by atoms with Crippen LogP contribution >= 0.6 is 15.9 Å². The summed E-state index contributed by atoms with van der Waals surface area (Å²) in [6, 6.07) is 4.76. The number of amides is 1. The fourth-order valence-corrected chi connectivity index (χ4v) is 1.81. The first-order valence-corrected chi connectivity index (χ1v) is 6.06. The Labute approximate surface area is 116 Å². The lowest BCUT2D eigenvalue weighted by Crippen LogP contribution is -2.28. The second-order valence-electron chi connectivity index (χ2n) is 3.83. The highest BCUT2D eigenvalue weighted by atomic mass is 79.9. The van der Waals surface area contributed by atoms with E-state index < -0.39 is 17.6 Å². The number of alkyl halides is 3. The molecule has 0 unspecified atom stereocenters. The summed E-state index contributed by atoms with van der Waals surface area (Å²) in [4.78, 5) is 13.2. The van der Waals surface area contributed by atoms with Crippen LogP contribution in [0.3, 0.4) is 0 Å². The molecule has 1 amide bonds. The van der Waals surface area contributed by atoms with Gasteiger partial charge in [0.15, 0.2) is 0 Å². The van der Waals surface area contributed by atoms with Gasteiger partial charge in [-0.1, -0.05) is 0 Å². The van der Waals surface area contributed by atoms with E-state index in [1.54, 1.807) is 0 Å². The van der Waals surface area contributed by atoms with Gasteiger partial charge in [-0.15, -0.1) is 0 Å². The molecular weight excluding hydrogens is 325 g/mol. The first-order valence-electron chi connectivity index (χ1n) is 5.26. The van der Waals surface area contributed by atoms with E-state index >= 15 is 0 Å². The molecule has 1 rings (SSSR count). The van der Waals surface area contributed by atoms with Gasteiger partial charge in [0.2, 0.25) is 0 Å². The standard InChI is InChI=1S/C12H10BrF3N2O/c1-18(6-2-5-17)11(19)9-7-8(12(14,15)16)3-4-10(9)13/h3-4,7H,2,6H2,1H3. The van der Waals surface area contributed by atoms with Gasteiger partial charge in [0.25, 0.3) is 5.91 Å². The van der Waals surface area contributed by atoms with Crippen LogP contribution in [0.5, 0.6) is 0 Å². The number of hydrogen-bond donors (Lipinski definition) is 0. The van der Waals surface area contributed by atoms with E-state index in [1.807, 2.05) is 6.07 Å². The fraction of sp³-hybridized carbons (Fsp3) is 0.333. The normalized spacial score (nSPS) is 10.9. The molecule has 0 heterocycles. The molecule has 19 heavy (non-hydrogen) atoms. The molecule has 0 bridgehead atoms. The largest absolute Gasteiger partial charge is 0.416 e. The Morgan fingerprint density at radius 3 is 2.63 bits per heavy atom. The van der Waals surface area contributed by atoms with Crippen LogP contribution < -0.4 is 0 Å². The Morgan fingerprint density at radius 2 is 2.11 bits per heavy atom. The summed E-state index contributed by atoms with van der Waals surface area (Å²) < 4.78 is 38.0. The second kappa shape index (κ2) is 6.06. The third-order valence-corrected chi connectivity index (χ3v) is 3.12. The highest BCUT2D eigenvalue weighted by Crippen LogP contribution is 2.32. The molecule has 0 atom stereocenters. The summed E-state index contributed by atoms with van der Waals surface area (Å²) >= 11 is 3.05. The van der Waals surface area contributed by atoms with Gasteiger partial charge in [-0.3, -0.25) is 4.79 Å². The fourth-order valence-electron chi connectivity index (χ4n) is 1.39. The molecule has 0 aliphatic rings. The van der Waals surface area contributed by atoms with Gasteiger partial charge in [-0.05, 0) is 34.1 Å². The van der Waals surface area contributed by atoms with E-state index in [-0.39, 0.29) is 23.0 Å². The molecule has 3 nitrogen and oxygen atoms in total. The predicted octanol–water partition coefficient (Wildman–Crippen LogP) is 3.45. The molecule has 0 aliphatic heterocycles.